The molecule has 0 fully saturated rings. The Labute approximate surface area is 109 Å². The van der Waals surface area contributed by atoms with Crippen molar-refractivity contribution in [1.82, 2.24) is 9.62 Å². The molecule has 0 amide bonds. The Morgan fingerprint density at radius 3 is 2.56 bits per heavy atom. The van der Waals surface area contributed by atoms with Crippen molar-refractivity contribution in [1.29, 1.82) is 0 Å². The minimum atomic E-state index is -3.53. The summed E-state index contributed by atoms with van der Waals surface area (Å²) in [6, 6.07) is 1.37. The van der Waals surface area contributed by atoms with Gasteiger partial charge in [-0.15, -0.1) is 11.3 Å². The molecule has 1 aromatic rings. The van der Waals surface area contributed by atoms with E-state index in [0.717, 1.165) is 11.3 Å². The fourth-order valence-corrected chi connectivity index (χ4v) is 4.34. The van der Waals surface area contributed by atoms with Gasteiger partial charge in [0.15, 0.2) is 0 Å². The van der Waals surface area contributed by atoms with E-state index in [9.17, 15) is 8.42 Å². The number of likely N-dealkylation sites (N-methyl/N-ethyl adjacent to an activating group) is 2. The van der Waals surface area contributed by atoms with Gasteiger partial charge in [-0.25, -0.2) is 8.42 Å². The van der Waals surface area contributed by atoms with Crippen molar-refractivity contribution in [2.24, 2.45) is 0 Å². The summed E-state index contributed by atoms with van der Waals surface area (Å²) in [6.45, 7) is 0.952. The zero-order valence-corrected chi connectivity index (χ0v) is 12.0. The highest BCUT2D eigenvalue weighted by Gasteiger charge is 2.25. The van der Waals surface area contributed by atoms with Gasteiger partial charge in [-0.2, -0.15) is 4.31 Å². The van der Waals surface area contributed by atoms with Crippen LogP contribution in [0.2, 0.25) is 8.67 Å². The van der Waals surface area contributed by atoms with Gasteiger partial charge in [0.05, 0.1) is 4.34 Å². The van der Waals surface area contributed by atoms with Crippen molar-refractivity contribution >= 4 is 44.6 Å². The molecule has 0 atom stereocenters. The minimum absolute atomic E-state index is 0.0720. The van der Waals surface area contributed by atoms with Gasteiger partial charge in [0.25, 0.3) is 0 Å². The molecular weight excluding hydrogens is 291 g/mol. The monoisotopic (exact) mass is 302 g/mol. The van der Waals surface area contributed by atoms with E-state index in [-0.39, 0.29) is 9.23 Å². The van der Waals surface area contributed by atoms with E-state index in [1.165, 1.54) is 17.4 Å². The summed E-state index contributed by atoms with van der Waals surface area (Å²) in [6.07, 6.45) is 0. The molecule has 8 heteroatoms. The summed E-state index contributed by atoms with van der Waals surface area (Å²) in [5.74, 6) is 0. The highest BCUT2D eigenvalue weighted by atomic mass is 35.5. The second-order valence-corrected chi connectivity index (χ2v) is 7.42. The molecule has 4 nitrogen and oxygen atoms in total. The van der Waals surface area contributed by atoms with Crippen molar-refractivity contribution in [2.75, 3.05) is 27.2 Å². The summed E-state index contributed by atoms with van der Waals surface area (Å²) >= 11 is 12.6. The Morgan fingerprint density at radius 2 is 2.12 bits per heavy atom. The van der Waals surface area contributed by atoms with E-state index in [1.54, 1.807) is 7.05 Å². The van der Waals surface area contributed by atoms with Crippen molar-refractivity contribution in [3.05, 3.63) is 14.7 Å². The molecule has 0 aromatic carbocycles. The third-order valence-corrected chi connectivity index (χ3v) is 5.60. The summed E-state index contributed by atoms with van der Waals surface area (Å²) in [7, 11) is -0.266. The largest absolute Gasteiger partial charge is 0.318 e. The first-order valence-electron chi connectivity index (χ1n) is 4.45. The molecule has 0 saturated heterocycles. The van der Waals surface area contributed by atoms with E-state index < -0.39 is 10.0 Å². The first-order valence-corrected chi connectivity index (χ1v) is 7.46. The van der Waals surface area contributed by atoms with Crippen LogP contribution < -0.4 is 5.32 Å². The predicted molar refractivity (Wildman–Crippen MR) is 68.1 cm³/mol. The lowest BCUT2D eigenvalue weighted by Crippen LogP contribution is -2.32. The molecule has 0 aliphatic rings. The van der Waals surface area contributed by atoms with Gasteiger partial charge in [0.1, 0.15) is 9.23 Å². The van der Waals surface area contributed by atoms with Crippen LogP contribution in [0.3, 0.4) is 0 Å². The molecule has 0 aliphatic heterocycles. The standard InChI is InChI=1S/C8H12Cl2N2O2S2/c1-11-3-4-12(2)16(13,14)6-5-7(9)15-8(6)10/h5,11H,3-4H2,1-2H3. The van der Waals surface area contributed by atoms with Gasteiger partial charge in [0.2, 0.25) is 10.0 Å². The summed E-state index contributed by atoms with van der Waals surface area (Å²) in [5.41, 5.74) is 0. The smallest absolute Gasteiger partial charge is 0.245 e. The van der Waals surface area contributed by atoms with Crippen LogP contribution in [-0.2, 0) is 10.0 Å². The SMILES string of the molecule is CNCCN(C)S(=O)(=O)c1cc(Cl)sc1Cl. The van der Waals surface area contributed by atoms with Crippen molar-refractivity contribution in [3.8, 4) is 0 Å². The van der Waals surface area contributed by atoms with Gasteiger partial charge in [-0.05, 0) is 13.1 Å². The Kier molecular flexibility index (Phi) is 5.03. The van der Waals surface area contributed by atoms with Crippen LogP contribution in [0.1, 0.15) is 0 Å². The molecular formula is C8H12Cl2N2O2S2. The molecule has 0 unspecified atom stereocenters. The van der Waals surface area contributed by atoms with Crippen LogP contribution in [0.25, 0.3) is 0 Å². The van der Waals surface area contributed by atoms with Crippen LogP contribution >= 0.6 is 34.5 Å². The lowest BCUT2D eigenvalue weighted by Gasteiger charge is -2.16. The molecule has 0 saturated carbocycles. The number of nitrogens with one attached hydrogen (secondary N) is 1. The van der Waals surface area contributed by atoms with Gasteiger partial charge >= 0.3 is 0 Å². The quantitative estimate of drug-likeness (QED) is 0.904. The Morgan fingerprint density at radius 1 is 1.50 bits per heavy atom. The number of nitrogens with zero attached hydrogens (tertiary/aromatic N) is 1. The number of hydrogen-bond acceptors (Lipinski definition) is 4. The Hall–Kier alpha value is 0.150. The lowest BCUT2D eigenvalue weighted by atomic mass is 10.6. The zero-order valence-electron chi connectivity index (χ0n) is 8.83. The van der Waals surface area contributed by atoms with E-state index in [4.69, 9.17) is 23.2 Å². The Bertz CT molecular complexity index is 459. The number of sulfonamides is 1. The van der Waals surface area contributed by atoms with Gasteiger partial charge < -0.3 is 5.32 Å². The number of rotatable bonds is 5. The van der Waals surface area contributed by atoms with E-state index in [1.807, 2.05) is 0 Å². The average Bonchev–Trinajstić information content (AvgIpc) is 2.54. The lowest BCUT2D eigenvalue weighted by molar-refractivity contribution is 0.466. The summed E-state index contributed by atoms with van der Waals surface area (Å²) in [5, 5.41) is 2.88. The molecule has 1 aromatic heterocycles. The highest BCUT2D eigenvalue weighted by Crippen LogP contribution is 2.35. The zero-order chi connectivity index (χ0) is 12.3. The van der Waals surface area contributed by atoms with Crippen LogP contribution in [0.4, 0.5) is 0 Å². The molecule has 0 aliphatic carbocycles. The molecule has 1 N–H and O–H groups in total. The van der Waals surface area contributed by atoms with Crippen LogP contribution in [0, 0.1) is 0 Å². The van der Waals surface area contributed by atoms with Crippen LogP contribution in [0.5, 0.6) is 0 Å². The fourth-order valence-electron chi connectivity index (χ4n) is 1.06. The van der Waals surface area contributed by atoms with Crippen molar-refractivity contribution in [2.45, 2.75) is 4.90 Å². The van der Waals surface area contributed by atoms with Crippen LogP contribution in [0.15, 0.2) is 11.0 Å². The van der Waals surface area contributed by atoms with Crippen LogP contribution in [-0.4, -0.2) is 39.9 Å². The molecule has 16 heavy (non-hydrogen) atoms. The average molecular weight is 303 g/mol. The number of halogens is 2. The highest BCUT2D eigenvalue weighted by molar-refractivity contribution is 7.89. The number of hydrogen-bond donors (Lipinski definition) is 1. The maximum atomic E-state index is 12.0. The second-order valence-electron chi connectivity index (χ2n) is 3.12. The predicted octanol–water partition coefficient (Wildman–Crippen LogP) is 1.89. The molecule has 92 valence electrons. The van der Waals surface area contributed by atoms with E-state index in [0.29, 0.717) is 17.4 Å². The molecule has 1 rings (SSSR count). The minimum Gasteiger partial charge on any atom is -0.318 e. The van der Waals surface area contributed by atoms with E-state index >= 15 is 0 Å². The van der Waals surface area contributed by atoms with E-state index in [2.05, 4.69) is 5.32 Å². The topological polar surface area (TPSA) is 49.4 Å². The van der Waals surface area contributed by atoms with Gasteiger partial charge in [-0.3, -0.25) is 0 Å². The first-order chi connectivity index (χ1) is 7.39. The Balaban J connectivity index is 2.97. The van der Waals surface area contributed by atoms with Gasteiger partial charge in [0, 0.05) is 20.1 Å². The normalized spacial score (nSPS) is 12.3. The molecule has 0 spiro atoms. The maximum absolute atomic E-state index is 12.0. The summed E-state index contributed by atoms with van der Waals surface area (Å²) < 4.78 is 25.9. The fraction of sp³-hybridized carbons (Fsp3) is 0.500. The van der Waals surface area contributed by atoms with Crippen molar-refractivity contribution in [3.63, 3.8) is 0 Å². The number of thiophene rings is 1. The van der Waals surface area contributed by atoms with Gasteiger partial charge in [-0.1, -0.05) is 23.2 Å². The summed E-state index contributed by atoms with van der Waals surface area (Å²) in [4.78, 5) is 0.0720. The van der Waals surface area contributed by atoms with Crippen molar-refractivity contribution < 1.29 is 8.42 Å². The third-order valence-electron chi connectivity index (χ3n) is 1.99. The molecule has 0 bridgehead atoms. The maximum Gasteiger partial charge on any atom is 0.245 e. The second kappa shape index (κ2) is 5.66. The molecule has 1 heterocycles. The third kappa shape index (κ3) is 3.09. The first kappa shape index (κ1) is 14.2. The molecule has 0 radical (unpaired) electrons.